The fourth-order valence-corrected chi connectivity index (χ4v) is 2.45. The summed E-state index contributed by atoms with van der Waals surface area (Å²) in [7, 11) is 0. The lowest BCUT2D eigenvalue weighted by Gasteiger charge is -2.38. The van der Waals surface area contributed by atoms with Gasteiger partial charge in [-0.15, -0.1) is 0 Å². The van der Waals surface area contributed by atoms with Crippen molar-refractivity contribution >= 4 is 0 Å². The van der Waals surface area contributed by atoms with Crippen molar-refractivity contribution in [1.82, 2.24) is 5.32 Å². The molecule has 1 rings (SSSR count). The van der Waals surface area contributed by atoms with E-state index in [0.29, 0.717) is 11.5 Å². The monoisotopic (exact) mass is 271 g/mol. The second-order valence-corrected chi connectivity index (χ2v) is 6.69. The molecule has 0 aromatic heterocycles. The maximum atomic E-state index is 5.81. The largest absolute Gasteiger partial charge is 0.381 e. The van der Waals surface area contributed by atoms with Crippen LogP contribution in [-0.4, -0.2) is 39.0 Å². The highest BCUT2D eigenvalue weighted by Gasteiger charge is 2.32. The maximum absolute atomic E-state index is 5.81. The van der Waals surface area contributed by atoms with E-state index in [-0.39, 0.29) is 0 Å². The van der Waals surface area contributed by atoms with Crippen molar-refractivity contribution in [3.63, 3.8) is 0 Å². The van der Waals surface area contributed by atoms with Crippen LogP contribution in [0.25, 0.3) is 0 Å². The van der Waals surface area contributed by atoms with Crippen LogP contribution in [0, 0.1) is 11.3 Å². The first-order chi connectivity index (χ1) is 9.04. The molecule has 0 bridgehead atoms. The van der Waals surface area contributed by atoms with E-state index in [0.717, 1.165) is 45.3 Å². The van der Waals surface area contributed by atoms with Crippen LogP contribution in [-0.2, 0) is 9.47 Å². The van der Waals surface area contributed by atoms with Gasteiger partial charge >= 0.3 is 0 Å². The molecule has 1 aliphatic rings. The third-order valence-electron chi connectivity index (χ3n) is 4.06. The Morgan fingerprint density at radius 1 is 1.11 bits per heavy atom. The molecule has 0 amide bonds. The van der Waals surface area contributed by atoms with Crippen LogP contribution >= 0.6 is 0 Å². The Morgan fingerprint density at radius 3 is 2.37 bits per heavy atom. The lowest BCUT2D eigenvalue weighted by atomic mass is 9.77. The predicted molar refractivity (Wildman–Crippen MR) is 80.5 cm³/mol. The SMILES string of the molecule is CC(C)CCOCCC1(CNC(C)C)CCOCC1. The second kappa shape index (κ2) is 8.93. The van der Waals surface area contributed by atoms with Gasteiger partial charge in [-0.2, -0.15) is 0 Å². The van der Waals surface area contributed by atoms with E-state index in [1.54, 1.807) is 0 Å². The zero-order valence-electron chi connectivity index (χ0n) is 13.3. The van der Waals surface area contributed by atoms with Crippen molar-refractivity contribution in [2.24, 2.45) is 11.3 Å². The minimum absolute atomic E-state index is 0.389. The summed E-state index contributed by atoms with van der Waals surface area (Å²) in [6.45, 7) is 13.6. The van der Waals surface area contributed by atoms with Crippen LogP contribution in [0.2, 0.25) is 0 Å². The molecule has 19 heavy (non-hydrogen) atoms. The van der Waals surface area contributed by atoms with Gasteiger partial charge in [-0.1, -0.05) is 27.7 Å². The third-order valence-corrected chi connectivity index (χ3v) is 4.06. The summed E-state index contributed by atoms with van der Waals surface area (Å²) in [5.41, 5.74) is 0.389. The molecular weight excluding hydrogens is 238 g/mol. The number of rotatable bonds is 9. The standard InChI is InChI=1S/C16H33NO2/c1-14(2)5-9-18-10-6-16(13-17-15(3)4)7-11-19-12-8-16/h14-15,17H,5-13H2,1-4H3. The summed E-state index contributed by atoms with van der Waals surface area (Å²) in [4.78, 5) is 0. The zero-order valence-corrected chi connectivity index (χ0v) is 13.3. The van der Waals surface area contributed by atoms with Crippen LogP contribution in [0.15, 0.2) is 0 Å². The van der Waals surface area contributed by atoms with Crippen LogP contribution < -0.4 is 5.32 Å². The van der Waals surface area contributed by atoms with E-state index >= 15 is 0 Å². The molecule has 1 saturated heterocycles. The van der Waals surface area contributed by atoms with Gasteiger partial charge in [0.15, 0.2) is 0 Å². The summed E-state index contributed by atoms with van der Waals surface area (Å²) < 4.78 is 11.3. The molecule has 0 atom stereocenters. The summed E-state index contributed by atoms with van der Waals surface area (Å²) in [6.07, 6.45) is 4.66. The first kappa shape index (κ1) is 16.9. The zero-order chi connectivity index (χ0) is 14.1. The van der Waals surface area contributed by atoms with Crippen molar-refractivity contribution in [3.05, 3.63) is 0 Å². The van der Waals surface area contributed by atoms with E-state index in [4.69, 9.17) is 9.47 Å². The molecule has 0 radical (unpaired) electrons. The molecule has 1 fully saturated rings. The van der Waals surface area contributed by atoms with Gasteiger partial charge in [0.1, 0.15) is 0 Å². The van der Waals surface area contributed by atoms with Gasteiger partial charge < -0.3 is 14.8 Å². The first-order valence-electron chi connectivity index (χ1n) is 7.93. The second-order valence-electron chi connectivity index (χ2n) is 6.69. The maximum Gasteiger partial charge on any atom is 0.0471 e. The molecule has 114 valence electrons. The molecular formula is C16H33NO2. The first-order valence-corrected chi connectivity index (χ1v) is 7.93. The summed E-state index contributed by atoms with van der Waals surface area (Å²) in [5, 5.41) is 3.60. The Bertz CT molecular complexity index is 223. The van der Waals surface area contributed by atoms with Gasteiger partial charge in [0.2, 0.25) is 0 Å². The van der Waals surface area contributed by atoms with E-state index < -0.39 is 0 Å². The van der Waals surface area contributed by atoms with Crippen molar-refractivity contribution in [3.8, 4) is 0 Å². The van der Waals surface area contributed by atoms with Crippen molar-refractivity contribution in [1.29, 1.82) is 0 Å². The molecule has 0 aliphatic carbocycles. The van der Waals surface area contributed by atoms with Crippen molar-refractivity contribution < 1.29 is 9.47 Å². The van der Waals surface area contributed by atoms with Crippen LogP contribution in [0.5, 0.6) is 0 Å². The molecule has 0 saturated carbocycles. The Balaban J connectivity index is 2.28. The summed E-state index contributed by atoms with van der Waals surface area (Å²) in [5.74, 6) is 0.736. The van der Waals surface area contributed by atoms with Gasteiger partial charge in [0, 0.05) is 39.0 Å². The van der Waals surface area contributed by atoms with Crippen LogP contribution in [0.1, 0.15) is 53.4 Å². The van der Waals surface area contributed by atoms with Gasteiger partial charge in [0.05, 0.1) is 0 Å². The normalized spacial score (nSPS) is 19.3. The van der Waals surface area contributed by atoms with E-state index in [2.05, 4.69) is 33.0 Å². The van der Waals surface area contributed by atoms with Gasteiger partial charge in [-0.05, 0) is 37.0 Å². The smallest absolute Gasteiger partial charge is 0.0471 e. The fraction of sp³-hybridized carbons (Fsp3) is 1.00. The Labute approximate surface area is 119 Å². The third kappa shape index (κ3) is 7.28. The quantitative estimate of drug-likeness (QED) is 0.653. The molecule has 0 spiro atoms. The summed E-state index contributed by atoms with van der Waals surface area (Å²) >= 11 is 0. The predicted octanol–water partition coefficient (Wildman–Crippen LogP) is 3.23. The summed E-state index contributed by atoms with van der Waals surface area (Å²) in [6, 6.07) is 0.557. The Hall–Kier alpha value is -0.120. The van der Waals surface area contributed by atoms with Gasteiger partial charge in [-0.25, -0.2) is 0 Å². The van der Waals surface area contributed by atoms with Crippen molar-refractivity contribution in [2.45, 2.75) is 59.4 Å². The van der Waals surface area contributed by atoms with Gasteiger partial charge in [-0.3, -0.25) is 0 Å². The molecule has 0 unspecified atom stereocenters. The number of nitrogens with one attached hydrogen (secondary N) is 1. The molecule has 1 N–H and O–H groups in total. The Kier molecular flexibility index (Phi) is 7.96. The number of hydrogen-bond acceptors (Lipinski definition) is 3. The number of ether oxygens (including phenoxy) is 2. The highest BCUT2D eigenvalue weighted by molar-refractivity contribution is 4.84. The minimum Gasteiger partial charge on any atom is -0.381 e. The molecule has 0 aromatic carbocycles. The molecule has 3 nitrogen and oxygen atoms in total. The van der Waals surface area contributed by atoms with Gasteiger partial charge in [0.25, 0.3) is 0 Å². The topological polar surface area (TPSA) is 30.5 Å². The van der Waals surface area contributed by atoms with Crippen molar-refractivity contribution in [2.75, 3.05) is 33.0 Å². The minimum atomic E-state index is 0.389. The van der Waals surface area contributed by atoms with Crippen LogP contribution in [0.3, 0.4) is 0 Å². The number of hydrogen-bond donors (Lipinski definition) is 1. The van der Waals surface area contributed by atoms with E-state index in [1.165, 1.54) is 19.3 Å². The highest BCUT2D eigenvalue weighted by atomic mass is 16.5. The lowest BCUT2D eigenvalue weighted by molar-refractivity contribution is -0.00776. The molecule has 3 heteroatoms. The average Bonchev–Trinajstić information content (AvgIpc) is 2.37. The lowest BCUT2D eigenvalue weighted by Crippen LogP contribution is -2.42. The average molecular weight is 271 g/mol. The van der Waals surface area contributed by atoms with E-state index in [1.807, 2.05) is 0 Å². The molecule has 1 heterocycles. The van der Waals surface area contributed by atoms with E-state index in [9.17, 15) is 0 Å². The highest BCUT2D eigenvalue weighted by Crippen LogP contribution is 2.33. The fourth-order valence-electron chi connectivity index (χ4n) is 2.45. The Morgan fingerprint density at radius 2 is 1.79 bits per heavy atom. The molecule has 0 aromatic rings. The molecule has 1 aliphatic heterocycles. The van der Waals surface area contributed by atoms with Crippen LogP contribution in [0.4, 0.5) is 0 Å².